The molecule has 0 radical (unpaired) electrons. The summed E-state index contributed by atoms with van der Waals surface area (Å²) in [6, 6.07) is 5.92. The Kier molecular flexibility index (Phi) is 2.12. The first-order valence-corrected chi connectivity index (χ1v) is 5.10. The number of H-pyrrole nitrogens is 1. The molecule has 92 valence electrons. The Balaban J connectivity index is 2.10. The standard InChI is InChI=1S/C11H8N2O5/c14-10-4-7(11(15)16)12-13(10)6-1-2-8-9(3-6)18-5-17-8/h1-4,12H,5H2,(H,15,16). The number of nitrogens with one attached hydrogen (secondary N) is 1. The molecule has 1 aromatic heterocycles. The molecular weight excluding hydrogens is 240 g/mol. The number of benzene rings is 1. The minimum atomic E-state index is -1.19. The van der Waals surface area contributed by atoms with E-state index in [4.69, 9.17) is 14.6 Å². The maximum Gasteiger partial charge on any atom is 0.353 e. The number of rotatable bonds is 2. The van der Waals surface area contributed by atoms with Crippen LogP contribution in [0.1, 0.15) is 10.5 Å². The fourth-order valence-corrected chi connectivity index (χ4v) is 1.72. The average Bonchev–Trinajstić information content (AvgIpc) is 2.93. The lowest BCUT2D eigenvalue weighted by Crippen LogP contribution is -2.13. The topological polar surface area (TPSA) is 93.6 Å². The molecule has 0 bridgehead atoms. The first-order chi connectivity index (χ1) is 8.65. The van der Waals surface area contributed by atoms with E-state index in [-0.39, 0.29) is 12.5 Å². The second-order valence-electron chi connectivity index (χ2n) is 3.69. The molecule has 0 saturated carbocycles. The second kappa shape index (κ2) is 3.66. The van der Waals surface area contributed by atoms with Crippen molar-refractivity contribution in [3.8, 4) is 17.2 Å². The monoisotopic (exact) mass is 248 g/mol. The van der Waals surface area contributed by atoms with Gasteiger partial charge in [-0.1, -0.05) is 0 Å². The largest absolute Gasteiger partial charge is 0.477 e. The Labute approximate surface area is 100 Å². The van der Waals surface area contributed by atoms with Gasteiger partial charge < -0.3 is 14.6 Å². The first-order valence-electron chi connectivity index (χ1n) is 5.10. The Morgan fingerprint density at radius 3 is 2.78 bits per heavy atom. The van der Waals surface area contributed by atoms with E-state index >= 15 is 0 Å². The van der Waals surface area contributed by atoms with E-state index < -0.39 is 11.5 Å². The van der Waals surface area contributed by atoms with Crippen LogP contribution in [-0.2, 0) is 0 Å². The molecule has 0 saturated heterocycles. The van der Waals surface area contributed by atoms with Crippen molar-refractivity contribution in [3.05, 3.63) is 40.3 Å². The third-order valence-corrected chi connectivity index (χ3v) is 2.57. The SMILES string of the molecule is O=C(O)c1cc(=O)n(-c2ccc3c(c2)OCO3)[nH]1. The van der Waals surface area contributed by atoms with Crippen LogP contribution in [0.2, 0.25) is 0 Å². The summed E-state index contributed by atoms with van der Waals surface area (Å²) >= 11 is 0. The van der Waals surface area contributed by atoms with E-state index in [1.165, 1.54) is 0 Å². The highest BCUT2D eigenvalue weighted by molar-refractivity contribution is 5.85. The van der Waals surface area contributed by atoms with E-state index in [0.29, 0.717) is 17.2 Å². The van der Waals surface area contributed by atoms with Crippen molar-refractivity contribution in [3.63, 3.8) is 0 Å². The van der Waals surface area contributed by atoms with Gasteiger partial charge in [-0.25, -0.2) is 9.48 Å². The van der Waals surface area contributed by atoms with Crippen LogP contribution in [0.3, 0.4) is 0 Å². The third kappa shape index (κ3) is 1.53. The van der Waals surface area contributed by atoms with E-state index in [0.717, 1.165) is 10.7 Å². The summed E-state index contributed by atoms with van der Waals surface area (Å²) in [7, 11) is 0. The Morgan fingerprint density at radius 2 is 2.06 bits per heavy atom. The quantitative estimate of drug-likeness (QED) is 0.811. The van der Waals surface area contributed by atoms with Gasteiger partial charge in [0, 0.05) is 12.1 Å². The maximum absolute atomic E-state index is 11.6. The van der Waals surface area contributed by atoms with Gasteiger partial charge in [0.15, 0.2) is 11.5 Å². The maximum atomic E-state index is 11.6. The van der Waals surface area contributed by atoms with Crippen LogP contribution >= 0.6 is 0 Å². The zero-order chi connectivity index (χ0) is 12.7. The molecule has 0 aliphatic carbocycles. The molecule has 1 aliphatic rings. The molecular formula is C11H8N2O5. The Bertz CT molecular complexity index is 685. The minimum Gasteiger partial charge on any atom is -0.477 e. The van der Waals surface area contributed by atoms with Crippen molar-refractivity contribution >= 4 is 5.97 Å². The Hall–Kier alpha value is -2.70. The molecule has 0 spiro atoms. The zero-order valence-electron chi connectivity index (χ0n) is 9.04. The van der Waals surface area contributed by atoms with Gasteiger partial charge in [-0.15, -0.1) is 0 Å². The fourth-order valence-electron chi connectivity index (χ4n) is 1.72. The van der Waals surface area contributed by atoms with Crippen LogP contribution < -0.4 is 15.0 Å². The molecule has 7 heteroatoms. The number of hydrogen-bond donors (Lipinski definition) is 2. The molecule has 3 rings (SSSR count). The van der Waals surface area contributed by atoms with Crippen molar-refractivity contribution in [2.45, 2.75) is 0 Å². The lowest BCUT2D eigenvalue weighted by molar-refractivity contribution is 0.0690. The van der Waals surface area contributed by atoms with Crippen molar-refractivity contribution in [2.75, 3.05) is 6.79 Å². The van der Waals surface area contributed by atoms with Gasteiger partial charge in [0.25, 0.3) is 5.56 Å². The summed E-state index contributed by atoms with van der Waals surface area (Å²) in [5.74, 6) is -0.0747. The van der Waals surface area contributed by atoms with Gasteiger partial charge >= 0.3 is 5.97 Å². The number of hydrogen-bond acceptors (Lipinski definition) is 4. The van der Waals surface area contributed by atoms with Gasteiger partial charge in [-0.3, -0.25) is 9.89 Å². The van der Waals surface area contributed by atoms with Gasteiger partial charge in [0.05, 0.1) is 5.69 Å². The van der Waals surface area contributed by atoms with Crippen LogP contribution in [0.15, 0.2) is 29.1 Å². The van der Waals surface area contributed by atoms with Crippen molar-refractivity contribution in [1.29, 1.82) is 0 Å². The summed E-state index contributed by atoms with van der Waals surface area (Å²) in [6.07, 6.45) is 0. The lowest BCUT2D eigenvalue weighted by Gasteiger charge is -2.02. The minimum absolute atomic E-state index is 0.138. The number of fused-ring (bicyclic) bond motifs is 1. The number of ether oxygens (including phenoxy) is 2. The molecule has 0 fully saturated rings. The molecule has 2 aromatic rings. The van der Waals surface area contributed by atoms with E-state index in [2.05, 4.69) is 5.10 Å². The number of carboxylic acids is 1. The van der Waals surface area contributed by atoms with Crippen LogP contribution in [-0.4, -0.2) is 27.6 Å². The smallest absolute Gasteiger partial charge is 0.353 e. The molecule has 1 aliphatic heterocycles. The molecule has 2 N–H and O–H groups in total. The normalized spacial score (nSPS) is 12.7. The highest BCUT2D eigenvalue weighted by Gasteiger charge is 2.16. The molecule has 0 amide bonds. The van der Waals surface area contributed by atoms with Crippen LogP contribution in [0.4, 0.5) is 0 Å². The fraction of sp³-hybridized carbons (Fsp3) is 0.0909. The van der Waals surface area contributed by atoms with Gasteiger partial charge in [0.1, 0.15) is 5.69 Å². The van der Waals surface area contributed by atoms with Gasteiger partial charge in [-0.2, -0.15) is 0 Å². The number of aromatic amines is 1. The molecule has 7 nitrogen and oxygen atoms in total. The number of carbonyl (C=O) groups is 1. The van der Waals surface area contributed by atoms with Crippen LogP contribution in [0, 0.1) is 0 Å². The van der Waals surface area contributed by atoms with Crippen molar-refractivity contribution in [2.24, 2.45) is 0 Å². The number of aromatic nitrogens is 2. The molecule has 0 atom stereocenters. The Morgan fingerprint density at radius 1 is 1.28 bits per heavy atom. The van der Waals surface area contributed by atoms with E-state index in [1.807, 2.05) is 0 Å². The predicted molar refractivity (Wildman–Crippen MR) is 59.5 cm³/mol. The summed E-state index contributed by atoms with van der Waals surface area (Å²) < 4.78 is 11.5. The third-order valence-electron chi connectivity index (χ3n) is 2.57. The number of aromatic carboxylic acids is 1. The number of carboxylic acid groups (broad SMARTS) is 1. The molecule has 0 unspecified atom stereocenters. The summed E-state index contributed by atoms with van der Waals surface area (Å²) in [5.41, 5.74) is -0.138. The van der Waals surface area contributed by atoms with Gasteiger partial charge in [-0.05, 0) is 12.1 Å². The average molecular weight is 248 g/mol. The lowest BCUT2D eigenvalue weighted by atomic mass is 10.3. The van der Waals surface area contributed by atoms with Crippen molar-refractivity contribution in [1.82, 2.24) is 9.78 Å². The highest BCUT2D eigenvalue weighted by Crippen LogP contribution is 2.33. The first kappa shape index (κ1) is 10.5. The molecule has 1 aromatic carbocycles. The van der Waals surface area contributed by atoms with Crippen LogP contribution in [0.25, 0.3) is 5.69 Å². The van der Waals surface area contributed by atoms with Crippen LogP contribution in [0.5, 0.6) is 11.5 Å². The van der Waals surface area contributed by atoms with Crippen molar-refractivity contribution < 1.29 is 19.4 Å². The second-order valence-corrected chi connectivity index (χ2v) is 3.69. The summed E-state index contributed by atoms with van der Waals surface area (Å²) in [6.45, 7) is 0.138. The molecule has 18 heavy (non-hydrogen) atoms. The highest BCUT2D eigenvalue weighted by atomic mass is 16.7. The number of nitrogens with zero attached hydrogens (tertiary/aromatic N) is 1. The predicted octanol–water partition coefficient (Wildman–Crippen LogP) is 0.592. The summed E-state index contributed by atoms with van der Waals surface area (Å²) in [4.78, 5) is 22.4. The van der Waals surface area contributed by atoms with E-state index in [9.17, 15) is 9.59 Å². The molecule has 2 heterocycles. The van der Waals surface area contributed by atoms with E-state index in [1.54, 1.807) is 18.2 Å². The van der Waals surface area contributed by atoms with Gasteiger partial charge in [0.2, 0.25) is 6.79 Å². The summed E-state index contributed by atoms with van der Waals surface area (Å²) in [5, 5.41) is 11.3. The zero-order valence-corrected chi connectivity index (χ0v) is 9.04.